The Bertz CT molecular complexity index is 596. The maximum atomic E-state index is 12.0. The lowest BCUT2D eigenvalue weighted by Crippen LogP contribution is -2.22. The second-order valence-electron chi connectivity index (χ2n) is 5.58. The molecule has 112 valence electrons. The summed E-state index contributed by atoms with van der Waals surface area (Å²) in [4.78, 5) is 22.4. The van der Waals surface area contributed by atoms with E-state index >= 15 is 0 Å². The minimum Gasteiger partial charge on any atom is -0.267 e. The molecule has 0 saturated heterocycles. The minimum absolute atomic E-state index is 0.0541. The molecule has 0 heterocycles. The van der Waals surface area contributed by atoms with E-state index in [1.807, 2.05) is 0 Å². The Morgan fingerprint density at radius 1 is 1.48 bits per heavy atom. The molecule has 1 fully saturated rings. The molecule has 21 heavy (non-hydrogen) atoms. The van der Waals surface area contributed by atoms with Crippen LogP contribution in [0.4, 0.5) is 5.69 Å². The van der Waals surface area contributed by atoms with Crippen molar-refractivity contribution in [3.63, 3.8) is 0 Å². The van der Waals surface area contributed by atoms with Crippen LogP contribution in [-0.4, -0.2) is 16.5 Å². The van der Waals surface area contributed by atoms with Crippen molar-refractivity contribution in [2.45, 2.75) is 39.5 Å². The van der Waals surface area contributed by atoms with Crippen molar-refractivity contribution in [3.05, 3.63) is 39.4 Å². The number of aryl methyl sites for hydroxylation is 1. The van der Waals surface area contributed by atoms with E-state index in [1.165, 1.54) is 12.5 Å². The fourth-order valence-corrected chi connectivity index (χ4v) is 2.50. The van der Waals surface area contributed by atoms with E-state index in [9.17, 15) is 14.9 Å². The maximum Gasteiger partial charge on any atom is 0.273 e. The number of rotatable bonds is 3. The maximum absolute atomic E-state index is 12.0. The Labute approximate surface area is 123 Å². The van der Waals surface area contributed by atoms with Crippen LogP contribution in [0.5, 0.6) is 0 Å². The average Bonchev–Trinajstić information content (AvgIpc) is 2.45. The van der Waals surface area contributed by atoms with Crippen molar-refractivity contribution in [2.75, 3.05) is 0 Å². The third-order valence-corrected chi connectivity index (χ3v) is 3.73. The Balaban J connectivity index is 2.08. The third-order valence-electron chi connectivity index (χ3n) is 3.73. The van der Waals surface area contributed by atoms with Gasteiger partial charge >= 0.3 is 0 Å². The van der Waals surface area contributed by atoms with E-state index < -0.39 is 10.8 Å². The van der Waals surface area contributed by atoms with Gasteiger partial charge in [-0.1, -0.05) is 13.0 Å². The number of amides is 1. The first-order valence-electron chi connectivity index (χ1n) is 7.08. The fourth-order valence-electron chi connectivity index (χ4n) is 2.50. The summed E-state index contributed by atoms with van der Waals surface area (Å²) < 4.78 is 0. The molecular weight excluding hydrogens is 270 g/mol. The van der Waals surface area contributed by atoms with E-state index in [4.69, 9.17) is 0 Å². The van der Waals surface area contributed by atoms with Gasteiger partial charge in [-0.15, -0.1) is 0 Å². The lowest BCUT2D eigenvalue weighted by Gasteiger charge is -2.18. The molecule has 1 aromatic rings. The molecular formula is C15H19N3O3. The summed E-state index contributed by atoms with van der Waals surface area (Å²) >= 11 is 0. The van der Waals surface area contributed by atoms with E-state index in [1.54, 1.807) is 19.1 Å². The summed E-state index contributed by atoms with van der Waals surface area (Å²) in [7, 11) is 0. The number of nitrogens with zero attached hydrogens (tertiary/aromatic N) is 2. The Morgan fingerprint density at radius 3 is 2.90 bits per heavy atom. The molecule has 2 rings (SSSR count). The zero-order valence-electron chi connectivity index (χ0n) is 12.3. The van der Waals surface area contributed by atoms with E-state index in [0.717, 1.165) is 25.0 Å². The molecule has 0 aliphatic heterocycles. The summed E-state index contributed by atoms with van der Waals surface area (Å²) in [6.07, 6.45) is 4.08. The smallest absolute Gasteiger partial charge is 0.267 e. The predicted molar refractivity (Wildman–Crippen MR) is 80.4 cm³/mol. The third kappa shape index (κ3) is 3.87. The minimum atomic E-state index is -0.485. The Morgan fingerprint density at radius 2 is 2.24 bits per heavy atom. The van der Waals surface area contributed by atoms with Gasteiger partial charge in [0.2, 0.25) is 0 Å². The zero-order valence-corrected chi connectivity index (χ0v) is 12.3. The highest BCUT2D eigenvalue weighted by molar-refractivity contribution is 5.96. The molecule has 0 radical (unpaired) electrons. The number of carbonyl (C=O) groups is 1. The highest BCUT2D eigenvalue weighted by atomic mass is 16.6. The van der Waals surface area contributed by atoms with Crippen molar-refractivity contribution >= 4 is 17.3 Å². The van der Waals surface area contributed by atoms with Crippen molar-refractivity contribution < 1.29 is 9.72 Å². The van der Waals surface area contributed by atoms with Gasteiger partial charge in [-0.2, -0.15) is 5.10 Å². The monoisotopic (exact) mass is 289 g/mol. The molecule has 1 saturated carbocycles. The predicted octanol–water partition coefficient (Wildman–Crippen LogP) is 3.20. The first-order chi connectivity index (χ1) is 9.97. The molecule has 6 nitrogen and oxygen atoms in total. The topological polar surface area (TPSA) is 84.6 Å². The van der Waals surface area contributed by atoms with Gasteiger partial charge < -0.3 is 0 Å². The number of hydrazone groups is 1. The largest absolute Gasteiger partial charge is 0.273 e. The van der Waals surface area contributed by atoms with Crippen LogP contribution in [0.25, 0.3) is 0 Å². The molecule has 0 spiro atoms. The van der Waals surface area contributed by atoms with Crippen molar-refractivity contribution in [3.8, 4) is 0 Å². The highest BCUT2D eigenvalue weighted by Crippen LogP contribution is 2.21. The number of hydrogen-bond donors (Lipinski definition) is 1. The average molecular weight is 289 g/mol. The van der Waals surface area contributed by atoms with Crippen LogP contribution in [-0.2, 0) is 0 Å². The molecule has 1 atom stereocenters. The van der Waals surface area contributed by atoms with Gasteiger partial charge in [0.25, 0.3) is 11.6 Å². The molecule has 1 aromatic carbocycles. The van der Waals surface area contributed by atoms with Gasteiger partial charge in [-0.3, -0.25) is 14.9 Å². The van der Waals surface area contributed by atoms with Crippen LogP contribution in [0.15, 0.2) is 23.3 Å². The Kier molecular flexibility index (Phi) is 4.67. The second kappa shape index (κ2) is 6.47. The summed E-state index contributed by atoms with van der Waals surface area (Å²) in [5.74, 6) is 0.179. The van der Waals surface area contributed by atoms with Gasteiger partial charge in [0.05, 0.1) is 4.92 Å². The number of benzene rings is 1. The first-order valence-corrected chi connectivity index (χ1v) is 7.08. The van der Waals surface area contributed by atoms with Gasteiger partial charge in [0.15, 0.2) is 0 Å². The zero-order chi connectivity index (χ0) is 15.4. The summed E-state index contributed by atoms with van der Waals surface area (Å²) in [6, 6.07) is 4.43. The van der Waals surface area contributed by atoms with Crippen LogP contribution >= 0.6 is 0 Å². The van der Waals surface area contributed by atoms with Gasteiger partial charge in [-0.25, -0.2) is 5.43 Å². The van der Waals surface area contributed by atoms with Crippen LogP contribution in [0.2, 0.25) is 0 Å². The summed E-state index contributed by atoms with van der Waals surface area (Å²) in [5.41, 5.74) is 4.22. The molecule has 6 heteroatoms. The lowest BCUT2D eigenvalue weighted by molar-refractivity contribution is -0.385. The summed E-state index contributed by atoms with van der Waals surface area (Å²) in [6.45, 7) is 3.81. The molecule has 1 aliphatic carbocycles. The Hall–Kier alpha value is -2.24. The second-order valence-corrected chi connectivity index (χ2v) is 5.58. The van der Waals surface area contributed by atoms with E-state index in [0.29, 0.717) is 11.5 Å². The first kappa shape index (κ1) is 15.2. The quantitative estimate of drug-likeness (QED) is 0.685. The van der Waals surface area contributed by atoms with Crippen LogP contribution in [0, 0.1) is 23.0 Å². The molecule has 0 aromatic heterocycles. The van der Waals surface area contributed by atoms with Crippen molar-refractivity contribution in [2.24, 2.45) is 11.0 Å². The van der Waals surface area contributed by atoms with Gasteiger partial charge in [0.1, 0.15) is 0 Å². The van der Waals surface area contributed by atoms with Crippen molar-refractivity contribution in [1.82, 2.24) is 5.43 Å². The normalized spacial score (nSPS) is 20.3. The molecule has 0 bridgehead atoms. The number of hydrogen-bond acceptors (Lipinski definition) is 4. The summed E-state index contributed by atoms with van der Waals surface area (Å²) in [5, 5.41) is 15.0. The number of carbonyl (C=O) groups excluding carboxylic acids is 1. The van der Waals surface area contributed by atoms with Crippen molar-refractivity contribution in [1.29, 1.82) is 0 Å². The van der Waals surface area contributed by atoms with Gasteiger partial charge in [-0.05, 0) is 44.6 Å². The number of nitro benzene ring substituents is 1. The molecule has 1 N–H and O–H groups in total. The van der Waals surface area contributed by atoms with Gasteiger partial charge in [0, 0.05) is 22.9 Å². The number of nitro groups is 1. The fraction of sp³-hybridized carbons (Fsp3) is 0.467. The number of nitrogens with one attached hydrogen (secondary N) is 1. The molecule has 1 unspecified atom stereocenters. The highest BCUT2D eigenvalue weighted by Gasteiger charge is 2.16. The SMILES string of the molecule is Cc1ccc(C(=O)N/N=C2\CCCC(C)C2)cc1[N+](=O)[O-]. The van der Waals surface area contributed by atoms with E-state index in [-0.39, 0.29) is 11.3 Å². The lowest BCUT2D eigenvalue weighted by atomic mass is 9.89. The molecule has 1 aliphatic rings. The van der Waals surface area contributed by atoms with Crippen LogP contribution in [0.3, 0.4) is 0 Å². The van der Waals surface area contributed by atoms with Crippen LogP contribution < -0.4 is 5.43 Å². The van der Waals surface area contributed by atoms with E-state index in [2.05, 4.69) is 17.5 Å². The standard InChI is InChI=1S/C15H19N3O3/c1-10-4-3-5-13(8-10)16-17-15(19)12-7-6-11(2)14(9-12)18(20)21/h6-7,9-10H,3-5,8H2,1-2H3,(H,17,19)/b16-13+. The molecule has 1 amide bonds. The van der Waals surface area contributed by atoms with Crippen LogP contribution in [0.1, 0.15) is 48.5 Å².